The van der Waals surface area contributed by atoms with E-state index in [0.29, 0.717) is 5.56 Å². The van der Waals surface area contributed by atoms with E-state index >= 15 is 0 Å². The zero-order valence-electron chi connectivity index (χ0n) is 13.6. The average Bonchev–Trinajstić information content (AvgIpc) is 2.67. The summed E-state index contributed by atoms with van der Waals surface area (Å²) in [6.07, 6.45) is 0. The van der Waals surface area contributed by atoms with Crippen LogP contribution in [0.2, 0.25) is 0 Å². The lowest BCUT2D eigenvalue weighted by Crippen LogP contribution is -2.07. The first-order valence-corrected chi connectivity index (χ1v) is 7.83. The molecule has 0 saturated carbocycles. The first kappa shape index (κ1) is 17.0. The maximum absolute atomic E-state index is 11.4. The van der Waals surface area contributed by atoms with Crippen LogP contribution in [0.15, 0.2) is 72.8 Å². The predicted molar refractivity (Wildman–Crippen MR) is 98.2 cm³/mol. The minimum Gasteiger partial charge on any atom is -0.478 e. The van der Waals surface area contributed by atoms with Crippen LogP contribution >= 0.6 is 0 Å². The third-order valence-corrected chi connectivity index (χ3v) is 3.80. The molecule has 3 aromatic rings. The van der Waals surface area contributed by atoms with Crippen molar-refractivity contribution in [2.75, 3.05) is 0 Å². The Kier molecular flexibility index (Phi) is 4.82. The van der Waals surface area contributed by atoms with Crippen molar-refractivity contribution in [3.05, 3.63) is 95.1 Å². The fourth-order valence-corrected chi connectivity index (χ4v) is 2.53. The van der Waals surface area contributed by atoms with Crippen molar-refractivity contribution < 1.29 is 19.8 Å². The van der Waals surface area contributed by atoms with Gasteiger partial charge in [-0.05, 0) is 47.5 Å². The molecule has 0 heterocycles. The molecule has 0 aromatic heterocycles. The number of rotatable bonds is 3. The molecule has 0 bridgehead atoms. The Labute approximate surface area is 150 Å². The Morgan fingerprint density at radius 2 is 1.23 bits per heavy atom. The van der Waals surface area contributed by atoms with Gasteiger partial charge in [-0.15, -0.1) is 0 Å². The van der Waals surface area contributed by atoms with Crippen LogP contribution in [0.25, 0.3) is 11.1 Å². The van der Waals surface area contributed by atoms with Crippen LogP contribution in [0.3, 0.4) is 0 Å². The van der Waals surface area contributed by atoms with Gasteiger partial charge in [0.15, 0.2) is 0 Å². The quantitative estimate of drug-likeness (QED) is 0.701. The van der Waals surface area contributed by atoms with E-state index in [4.69, 9.17) is 5.11 Å². The van der Waals surface area contributed by atoms with Gasteiger partial charge >= 0.3 is 11.9 Å². The molecule has 3 aromatic carbocycles. The van der Waals surface area contributed by atoms with Gasteiger partial charge in [0.05, 0.1) is 11.1 Å². The van der Waals surface area contributed by atoms with Crippen molar-refractivity contribution >= 4 is 11.9 Å². The Balaban J connectivity index is 1.98. The van der Waals surface area contributed by atoms with Crippen LogP contribution < -0.4 is 0 Å². The predicted octanol–water partition coefficient (Wildman–Crippen LogP) is 4.15. The molecule has 0 aliphatic rings. The van der Waals surface area contributed by atoms with Crippen molar-refractivity contribution in [1.29, 1.82) is 0 Å². The monoisotopic (exact) mass is 342 g/mol. The van der Waals surface area contributed by atoms with Gasteiger partial charge < -0.3 is 10.2 Å². The summed E-state index contributed by atoms with van der Waals surface area (Å²) in [6.45, 7) is 0. The van der Waals surface area contributed by atoms with E-state index in [0.717, 1.165) is 16.7 Å². The summed E-state index contributed by atoms with van der Waals surface area (Å²) >= 11 is 0. The van der Waals surface area contributed by atoms with Crippen LogP contribution in [0.1, 0.15) is 31.8 Å². The van der Waals surface area contributed by atoms with Gasteiger partial charge in [-0.1, -0.05) is 48.2 Å². The number of carboxylic acid groups (broad SMARTS) is 2. The fraction of sp³-hybridized carbons (Fsp3) is 0. The van der Waals surface area contributed by atoms with Crippen molar-refractivity contribution in [3.63, 3.8) is 0 Å². The minimum absolute atomic E-state index is 0.235. The summed E-state index contributed by atoms with van der Waals surface area (Å²) in [5.41, 5.74) is 2.60. The Morgan fingerprint density at radius 3 is 1.92 bits per heavy atom. The Bertz CT molecular complexity index is 1040. The molecule has 0 fully saturated rings. The summed E-state index contributed by atoms with van der Waals surface area (Å²) < 4.78 is 0. The highest BCUT2D eigenvalue weighted by molar-refractivity contribution is 6.02. The lowest BCUT2D eigenvalue weighted by atomic mass is 9.98. The van der Waals surface area contributed by atoms with Crippen molar-refractivity contribution in [2.24, 2.45) is 0 Å². The highest BCUT2D eigenvalue weighted by Crippen LogP contribution is 2.24. The molecule has 0 aliphatic carbocycles. The number of carboxylic acids is 2. The van der Waals surface area contributed by atoms with E-state index in [1.54, 1.807) is 6.07 Å². The van der Waals surface area contributed by atoms with Crippen LogP contribution in [0.4, 0.5) is 0 Å². The fourth-order valence-electron chi connectivity index (χ4n) is 2.53. The molecule has 26 heavy (non-hydrogen) atoms. The summed E-state index contributed by atoms with van der Waals surface area (Å²) in [6, 6.07) is 21.2. The molecule has 0 aliphatic heterocycles. The van der Waals surface area contributed by atoms with Gasteiger partial charge in [-0.2, -0.15) is 0 Å². The Morgan fingerprint density at radius 1 is 0.615 bits per heavy atom. The highest BCUT2D eigenvalue weighted by atomic mass is 16.4. The second-order valence-corrected chi connectivity index (χ2v) is 5.57. The molecule has 3 rings (SSSR count). The van der Waals surface area contributed by atoms with Crippen LogP contribution in [-0.4, -0.2) is 22.2 Å². The topological polar surface area (TPSA) is 74.6 Å². The second kappa shape index (κ2) is 7.37. The SMILES string of the molecule is O=C(O)c1ccc(-c2cccc(C#Cc3ccccc3)c2)cc1C(=O)O. The molecule has 0 radical (unpaired) electrons. The summed E-state index contributed by atoms with van der Waals surface area (Å²) in [7, 11) is 0. The van der Waals surface area contributed by atoms with Gasteiger partial charge in [0.25, 0.3) is 0 Å². The van der Waals surface area contributed by atoms with Gasteiger partial charge in [0, 0.05) is 11.1 Å². The lowest BCUT2D eigenvalue weighted by Gasteiger charge is -2.07. The van der Waals surface area contributed by atoms with E-state index in [1.165, 1.54) is 12.1 Å². The van der Waals surface area contributed by atoms with Crippen molar-refractivity contribution in [2.45, 2.75) is 0 Å². The number of aromatic carboxylic acids is 2. The maximum atomic E-state index is 11.4. The minimum atomic E-state index is -1.27. The van der Waals surface area contributed by atoms with Gasteiger partial charge in [0.1, 0.15) is 0 Å². The number of carbonyl (C=O) groups is 2. The molecular formula is C22H14O4. The molecule has 4 heteroatoms. The zero-order valence-corrected chi connectivity index (χ0v) is 13.6. The molecule has 2 N–H and O–H groups in total. The normalized spacial score (nSPS) is 9.85. The largest absolute Gasteiger partial charge is 0.478 e. The summed E-state index contributed by atoms with van der Waals surface area (Å²) in [4.78, 5) is 22.5. The van der Waals surface area contributed by atoms with E-state index in [2.05, 4.69) is 11.8 Å². The molecular weight excluding hydrogens is 328 g/mol. The van der Waals surface area contributed by atoms with Gasteiger partial charge in [-0.3, -0.25) is 0 Å². The van der Waals surface area contributed by atoms with Gasteiger partial charge in [0.2, 0.25) is 0 Å². The second-order valence-electron chi connectivity index (χ2n) is 5.57. The smallest absolute Gasteiger partial charge is 0.336 e. The maximum Gasteiger partial charge on any atom is 0.336 e. The van der Waals surface area contributed by atoms with Crippen molar-refractivity contribution in [1.82, 2.24) is 0 Å². The molecule has 0 atom stereocenters. The standard InChI is InChI=1S/C22H14O4/c23-21(24)19-12-11-18(14-20(19)22(25)26)17-8-4-7-16(13-17)10-9-15-5-2-1-3-6-15/h1-8,11-14H,(H,23,24)(H,25,26). The van der Waals surface area contributed by atoms with E-state index in [-0.39, 0.29) is 11.1 Å². The molecule has 126 valence electrons. The molecule has 4 nitrogen and oxygen atoms in total. The van der Waals surface area contributed by atoms with Crippen LogP contribution in [-0.2, 0) is 0 Å². The van der Waals surface area contributed by atoms with E-state index in [9.17, 15) is 14.7 Å². The first-order valence-electron chi connectivity index (χ1n) is 7.83. The highest BCUT2D eigenvalue weighted by Gasteiger charge is 2.16. The van der Waals surface area contributed by atoms with Crippen molar-refractivity contribution in [3.8, 4) is 23.0 Å². The number of hydrogen-bond acceptors (Lipinski definition) is 2. The number of hydrogen-bond donors (Lipinski definition) is 2. The average molecular weight is 342 g/mol. The van der Waals surface area contributed by atoms with E-state index in [1.807, 2.05) is 54.6 Å². The third-order valence-electron chi connectivity index (χ3n) is 3.80. The lowest BCUT2D eigenvalue weighted by molar-refractivity contribution is 0.0651. The van der Waals surface area contributed by atoms with Gasteiger partial charge in [-0.25, -0.2) is 9.59 Å². The molecule has 0 amide bonds. The Hall–Kier alpha value is -3.84. The summed E-state index contributed by atoms with van der Waals surface area (Å²) in [5, 5.41) is 18.4. The van der Waals surface area contributed by atoms with Crippen LogP contribution in [0.5, 0.6) is 0 Å². The summed E-state index contributed by atoms with van der Waals surface area (Å²) in [5.74, 6) is 3.61. The molecule has 0 unspecified atom stereocenters. The zero-order chi connectivity index (χ0) is 18.5. The molecule has 0 saturated heterocycles. The first-order chi connectivity index (χ1) is 12.5. The molecule has 0 spiro atoms. The third kappa shape index (κ3) is 3.80. The van der Waals surface area contributed by atoms with E-state index < -0.39 is 11.9 Å². The number of benzene rings is 3. The van der Waals surface area contributed by atoms with Crippen LogP contribution in [0, 0.1) is 11.8 Å².